The lowest BCUT2D eigenvalue weighted by Crippen LogP contribution is -2.40. The van der Waals surface area contributed by atoms with E-state index in [4.69, 9.17) is 4.99 Å². The lowest BCUT2D eigenvalue weighted by Gasteiger charge is -2.22. The summed E-state index contributed by atoms with van der Waals surface area (Å²) >= 11 is 3.68. The van der Waals surface area contributed by atoms with E-state index in [0.29, 0.717) is 5.25 Å². The van der Waals surface area contributed by atoms with Gasteiger partial charge in [-0.05, 0) is 31.0 Å². The lowest BCUT2D eigenvalue weighted by atomic mass is 10.3. The summed E-state index contributed by atoms with van der Waals surface area (Å²) in [6.07, 6.45) is 3.21. The molecule has 1 unspecified atom stereocenters. The molecule has 0 fully saturated rings. The molecular weight excluding hydrogens is 274 g/mol. The van der Waals surface area contributed by atoms with Gasteiger partial charge in [0.15, 0.2) is 5.96 Å². The number of hydrogen-bond donors (Lipinski definition) is 1. The zero-order chi connectivity index (χ0) is 14.1. The van der Waals surface area contributed by atoms with Crippen LogP contribution in [0.1, 0.15) is 18.7 Å². The fourth-order valence-electron chi connectivity index (χ4n) is 1.60. The van der Waals surface area contributed by atoms with Crippen LogP contribution in [0.3, 0.4) is 0 Å². The van der Waals surface area contributed by atoms with Gasteiger partial charge in [0.05, 0.1) is 6.54 Å². The minimum Gasteiger partial charge on any atom is -0.357 e. The summed E-state index contributed by atoms with van der Waals surface area (Å²) in [6.45, 7) is 7.10. The highest BCUT2D eigenvalue weighted by Crippen LogP contribution is 2.09. The number of likely N-dealkylation sites (N-methyl/N-ethyl adjacent to an activating group) is 1. The summed E-state index contributed by atoms with van der Waals surface area (Å²) in [5, 5.41) is 6.06. The van der Waals surface area contributed by atoms with Crippen molar-refractivity contribution in [2.75, 3.05) is 32.9 Å². The Kier molecular flexibility index (Phi) is 7.98. The van der Waals surface area contributed by atoms with Crippen LogP contribution in [-0.2, 0) is 6.42 Å². The van der Waals surface area contributed by atoms with Crippen LogP contribution >= 0.6 is 23.1 Å². The van der Waals surface area contributed by atoms with Crippen molar-refractivity contribution in [3.63, 3.8) is 0 Å². The molecule has 1 aromatic heterocycles. The highest BCUT2D eigenvalue weighted by molar-refractivity contribution is 7.99. The van der Waals surface area contributed by atoms with Crippen LogP contribution in [0.5, 0.6) is 0 Å². The molecule has 1 aromatic rings. The Hall–Kier alpha value is -0.680. The van der Waals surface area contributed by atoms with Crippen molar-refractivity contribution in [2.45, 2.75) is 25.5 Å². The van der Waals surface area contributed by atoms with Gasteiger partial charge in [-0.2, -0.15) is 11.8 Å². The van der Waals surface area contributed by atoms with Gasteiger partial charge in [-0.1, -0.05) is 13.0 Å². The minimum atomic E-state index is 0.569. The maximum Gasteiger partial charge on any atom is 0.193 e. The molecule has 19 heavy (non-hydrogen) atoms. The van der Waals surface area contributed by atoms with Crippen LogP contribution in [0.25, 0.3) is 0 Å². The maximum absolute atomic E-state index is 4.70. The summed E-state index contributed by atoms with van der Waals surface area (Å²) in [5.74, 6) is 1.01. The Labute approximate surface area is 125 Å². The molecule has 1 atom stereocenters. The normalized spacial score (nSPS) is 13.4. The van der Waals surface area contributed by atoms with Crippen molar-refractivity contribution in [2.24, 2.45) is 4.99 Å². The Bertz CT molecular complexity index is 363. The second-order valence-corrected chi connectivity index (χ2v) is 6.80. The van der Waals surface area contributed by atoms with Crippen molar-refractivity contribution < 1.29 is 0 Å². The molecular formula is C14H25N3S2. The van der Waals surface area contributed by atoms with E-state index in [1.807, 2.05) is 23.1 Å². The molecule has 0 spiro atoms. The predicted molar refractivity (Wildman–Crippen MR) is 89.6 cm³/mol. The number of guanidine groups is 1. The fraction of sp³-hybridized carbons (Fsp3) is 0.643. The number of hydrogen-bond acceptors (Lipinski definition) is 3. The van der Waals surface area contributed by atoms with Crippen molar-refractivity contribution in [1.82, 2.24) is 10.2 Å². The Balaban J connectivity index is 2.49. The molecule has 0 amide bonds. The highest BCUT2D eigenvalue weighted by Gasteiger charge is 2.07. The van der Waals surface area contributed by atoms with Crippen LogP contribution in [0.2, 0.25) is 0 Å². The van der Waals surface area contributed by atoms with E-state index in [2.05, 4.69) is 54.9 Å². The van der Waals surface area contributed by atoms with Crippen molar-refractivity contribution in [3.05, 3.63) is 22.4 Å². The van der Waals surface area contributed by atoms with Gasteiger partial charge in [-0.15, -0.1) is 11.3 Å². The van der Waals surface area contributed by atoms with Crippen molar-refractivity contribution >= 4 is 29.1 Å². The van der Waals surface area contributed by atoms with E-state index in [1.165, 1.54) is 4.88 Å². The molecule has 0 saturated heterocycles. The van der Waals surface area contributed by atoms with Crippen LogP contribution in [0.4, 0.5) is 0 Å². The zero-order valence-electron chi connectivity index (χ0n) is 12.3. The molecule has 0 aliphatic carbocycles. The first kappa shape index (κ1) is 16.4. The summed E-state index contributed by atoms with van der Waals surface area (Å²) in [7, 11) is 2.11. The predicted octanol–water partition coefficient (Wildman–Crippen LogP) is 2.94. The van der Waals surface area contributed by atoms with Gasteiger partial charge in [-0.3, -0.25) is 4.99 Å². The SMILES string of the molecule is CCNC(=NCC(C)SC)N(C)CCc1cccs1. The highest BCUT2D eigenvalue weighted by atomic mass is 32.2. The second kappa shape index (κ2) is 9.26. The van der Waals surface area contributed by atoms with Gasteiger partial charge >= 0.3 is 0 Å². The average molecular weight is 300 g/mol. The standard InChI is InChI=1S/C14H25N3S2/c1-5-15-14(16-11-12(2)18-4)17(3)9-8-13-7-6-10-19-13/h6-7,10,12H,5,8-9,11H2,1-4H3,(H,15,16). The fourth-order valence-corrected chi connectivity index (χ4v) is 2.52. The average Bonchev–Trinajstić information content (AvgIpc) is 2.93. The topological polar surface area (TPSA) is 27.6 Å². The molecule has 1 heterocycles. The molecule has 5 heteroatoms. The number of thioether (sulfide) groups is 1. The van der Waals surface area contributed by atoms with Gasteiger partial charge in [0.2, 0.25) is 0 Å². The van der Waals surface area contributed by atoms with Crippen LogP contribution in [0, 0.1) is 0 Å². The third-order valence-corrected chi connectivity index (χ3v) is 4.76. The van der Waals surface area contributed by atoms with Gasteiger partial charge in [0.1, 0.15) is 0 Å². The summed E-state index contributed by atoms with van der Waals surface area (Å²) in [6, 6.07) is 4.30. The molecule has 1 N–H and O–H groups in total. The molecule has 0 bridgehead atoms. The number of aliphatic imine (C=N–C) groups is 1. The Morgan fingerprint density at radius 3 is 2.95 bits per heavy atom. The van der Waals surface area contributed by atoms with Gasteiger partial charge in [-0.25, -0.2) is 0 Å². The van der Waals surface area contributed by atoms with E-state index in [0.717, 1.165) is 32.0 Å². The van der Waals surface area contributed by atoms with Gasteiger partial charge < -0.3 is 10.2 Å². The van der Waals surface area contributed by atoms with E-state index < -0.39 is 0 Å². The summed E-state index contributed by atoms with van der Waals surface area (Å²) in [4.78, 5) is 8.35. The van der Waals surface area contributed by atoms with E-state index in [-0.39, 0.29) is 0 Å². The molecule has 1 rings (SSSR count). The molecule has 0 aliphatic heterocycles. The minimum absolute atomic E-state index is 0.569. The Morgan fingerprint density at radius 2 is 2.37 bits per heavy atom. The first-order valence-electron chi connectivity index (χ1n) is 6.72. The van der Waals surface area contributed by atoms with Crippen molar-refractivity contribution in [3.8, 4) is 0 Å². The Morgan fingerprint density at radius 1 is 1.58 bits per heavy atom. The van der Waals surface area contributed by atoms with E-state index in [9.17, 15) is 0 Å². The molecule has 0 radical (unpaired) electrons. The van der Waals surface area contributed by atoms with Gasteiger partial charge in [0.25, 0.3) is 0 Å². The molecule has 0 saturated carbocycles. The van der Waals surface area contributed by atoms with Crippen LogP contribution < -0.4 is 5.32 Å². The van der Waals surface area contributed by atoms with Crippen LogP contribution in [0.15, 0.2) is 22.5 Å². The van der Waals surface area contributed by atoms with E-state index in [1.54, 1.807) is 0 Å². The number of nitrogens with zero attached hydrogens (tertiary/aromatic N) is 2. The number of rotatable bonds is 7. The zero-order valence-corrected chi connectivity index (χ0v) is 14.0. The summed E-state index contributed by atoms with van der Waals surface area (Å²) in [5.41, 5.74) is 0. The number of thiophene rings is 1. The first-order valence-corrected chi connectivity index (χ1v) is 8.88. The third-order valence-electron chi connectivity index (χ3n) is 2.87. The van der Waals surface area contributed by atoms with Crippen LogP contribution in [-0.4, -0.2) is 49.0 Å². The van der Waals surface area contributed by atoms with E-state index >= 15 is 0 Å². The monoisotopic (exact) mass is 299 g/mol. The molecule has 3 nitrogen and oxygen atoms in total. The molecule has 0 aromatic carbocycles. The molecule has 108 valence electrons. The lowest BCUT2D eigenvalue weighted by molar-refractivity contribution is 0.487. The quantitative estimate of drug-likeness (QED) is 0.620. The van der Waals surface area contributed by atoms with Gasteiger partial charge in [0, 0.05) is 30.3 Å². The molecule has 0 aliphatic rings. The summed E-state index contributed by atoms with van der Waals surface area (Å²) < 4.78 is 0. The third kappa shape index (κ3) is 6.34. The first-order chi connectivity index (χ1) is 9.17. The number of nitrogens with one attached hydrogen (secondary N) is 1. The second-order valence-electron chi connectivity index (χ2n) is 4.49. The largest absolute Gasteiger partial charge is 0.357 e. The maximum atomic E-state index is 4.70. The smallest absolute Gasteiger partial charge is 0.193 e. The van der Waals surface area contributed by atoms with Crippen molar-refractivity contribution in [1.29, 1.82) is 0 Å².